The number of halogens is 2. The minimum Gasteiger partial charge on any atom is -0.454 e. The highest BCUT2D eigenvalue weighted by Gasteiger charge is 2.17. The lowest BCUT2D eigenvalue weighted by atomic mass is 10.2. The highest BCUT2D eigenvalue weighted by atomic mass is 35.5. The number of nitrogen functional groups attached to an aromatic ring is 1. The molecule has 4 nitrogen and oxygen atoms in total. The minimum absolute atomic E-state index is 0.0441. The standard InChI is InChI=1S/C14H11Cl2NO3S/c1-7-2-3-12(21-7)11(18)6-20-14(19)9-4-8(15)5-10(16)13(9)17/h2-5H,6,17H2,1H3. The number of carbonyl (C=O) groups excluding carboxylic acids is 2. The third-order valence-electron chi connectivity index (χ3n) is 2.66. The second-order valence-corrected chi connectivity index (χ2v) is 6.39. The Morgan fingerprint density at radius 2 is 2.00 bits per heavy atom. The van der Waals surface area contributed by atoms with E-state index in [1.165, 1.54) is 23.5 Å². The lowest BCUT2D eigenvalue weighted by Crippen LogP contribution is -2.15. The van der Waals surface area contributed by atoms with Gasteiger partial charge in [-0.05, 0) is 31.2 Å². The lowest BCUT2D eigenvalue weighted by molar-refractivity contribution is 0.0477. The molecule has 0 bridgehead atoms. The van der Waals surface area contributed by atoms with Gasteiger partial charge in [0.25, 0.3) is 0 Å². The molecule has 0 atom stereocenters. The van der Waals surface area contributed by atoms with Gasteiger partial charge in [-0.1, -0.05) is 23.2 Å². The molecule has 0 saturated heterocycles. The van der Waals surface area contributed by atoms with E-state index in [1.807, 2.05) is 13.0 Å². The summed E-state index contributed by atoms with van der Waals surface area (Å²) in [5.41, 5.74) is 5.82. The molecule has 0 radical (unpaired) electrons. The number of thiophene rings is 1. The number of Topliss-reactive ketones (excluding diaryl/α,β-unsaturated/α-hetero) is 1. The molecule has 1 heterocycles. The lowest BCUT2D eigenvalue weighted by Gasteiger charge is -2.08. The fourth-order valence-electron chi connectivity index (χ4n) is 1.62. The number of esters is 1. The molecule has 2 N–H and O–H groups in total. The number of ketones is 1. The van der Waals surface area contributed by atoms with Crippen molar-refractivity contribution in [1.82, 2.24) is 0 Å². The maximum absolute atomic E-state index is 11.9. The normalized spacial score (nSPS) is 10.4. The van der Waals surface area contributed by atoms with Gasteiger partial charge < -0.3 is 10.5 Å². The highest BCUT2D eigenvalue weighted by Crippen LogP contribution is 2.28. The second kappa shape index (κ2) is 6.47. The summed E-state index contributed by atoms with van der Waals surface area (Å²) in [6.45, 7) is 1.53. The first-order valence-corrected chi connectivity index (χ1v) is 7.47. The summed E-state index contributed by atoms with van der Waals surface area (Å²) < 4.78 is 4.97. The molecule has 2 rings (SSSR count). The maximum Gasteiger partial charge on any atom is 0.340 e. The molecule has 7 heteroatoms. The van der Waals surface area contributed by atoms with Gasteiger partial charge in [0.1, 0.15) is 0 Å². The van der Waals surface area contributed by atoms with Crippen molar-refractivity contribution in [3.05, 3.63) is 49.6 Å². The number of anilines is 1. The summed E-state index contributed by atoms with van der Waals surface area (Å²) >= 11 is 13.0. The third-order valence-corrected chi connectivity index (χ3v) is 4.24. The molecule has 1 aromatic heterocycles. The zero-order valence-corrected chi connectivity index (χ0v) is 13.3. The second-order valence-electron chi connectivity index (χ2n) is 4.26. The zero-order valence-electron chi connectivity index (χ0n) is 11.0. The first-order valence-electron chi connectivity index (χ1n) is 5.89. The molecule has 0 amide bonds. The van der Waals surface area contributed by atoms with E-state index >= 15 is 0 Å². The first-order chi connectivity index (χ1) is 9.88. The molecule has 0 fully saturated rings. The summed E-state index contributed by atoms with van der Waals surface area (Å²) in [4.78, 5) is 25.4. The van der Waals surface area contributed by atoms with Crippen molar-refractivity contribution < 1.29 is 14.3 Å². The first kappa shape index (κ1) is 15.8. The average molecular weight is 344 g/mol. The summed E-state index contributed by atoms with van der Waals surface area (Å²) in [7, 11) is 0. The van der Waals surface area contributed by atoms with Crippen molar-refractivity contribution in [2.24, 2.45) is 0 Å². The van der Waals surface area contributed by atoms with Crippen molar-refractivity contribution in [1.29, 1.82) is 0 Å². The Balaban J connectivity index is 2.07. The molecule has 0 saturated carbocycles. The SMILES string of the molecule is Cc1ccc(C(=O)COC(=O)c2cc(Cl)cc(Cl)c2N)s1. The van der Waals surface area contributed by atoms with Gasteiger partial charge in [-0.2, -0.15) is 0 Å². The van der Waals surface area contributed by atoms with Crippen LogP contribution in [0.5, 0.6) is 0 Å². The number of benzene rings is 1. The number of nitrogens with two attached hydrogens (primary N) is 1. The molecule has 21 heavy (non-hydrogen) atoms. The van der Waals surface area contributed by atoms with Crippen molar-refractivity contribution in [2.75, 3.05) is 12.3 Å². The molecule has 1 aromatic carbocycles. The van der Waals surface area contributed by atoms with Crippen LogP contribution in [0, 0.1) is 6.92 Å². The van der Waals surface area contributed by atoms with Crippen LogP contribution in [0.15, 0.2) is 24.3 Å². The van der Waals surface area contributed by atoms with E-state index in [0.29, 0.717) is 4.88 Å². The zero-order chi connectivity index (χ0) is 15.6. The van der Waals surface area contributed by atoms with E-state index in [0.717, 1.165) is 4.88 Å². The molecular weight excluding hydrogens is 333 g/mol. The number of aryl methyl sites for hydroxylation is 1. The highest BCUT2D eigenvalue weighted by molar-refractivity contribution is 7.14. The summed E-state index contributed by atoms with van der Waals surface area (Å²) in [5, 5.41) is 0.427. The van der Waals surface area contributed by atoms with Crippen LogP contribution < -0.4 is 5.73 Å². The molecule has 2 aromatic rings. The fraction of sp³-hybridized carbons (Fsp3) is 0.143. The van der Waals surface area contributed by atoms with Crippen molar-refractivity contribution >= 4 is 52.0 Å². The average Bonchev–Trinajstić information content (AvgIpc) is 2.86. The molecule has 0 spiro atoms. The largest absolute Gasteiger partial charge is 0.454 e. The van der Waals surface area contributed by atoms with Crippen LogP contribution in [-0.2, 0) is 4.74 Å². The minimum atomic E-state index is -0.737. The Bertz CT molecular complexity index is 712. The number of hydrogen-bond acceptors (Lipinski definition) is 5. The molecule has 0 aliphatic carbocycles. The van der Waals surface area contributed by atoms with Crippen molar-refractivity contribution in [3.8, 4) is 0 Å². The third kappa shape index (κ3) is 3.75. The van der Waals surface area contributed by atoms with Crippen LogP contribution in [0.2, 0.25) is 10.0 Å². The Morgan fingerprint density at radius 1 is 1.29 bits per heavy atom. The van der Waals surface area contributed by atoms with Gasteiger partial charge in [0.15, 0.2) is 6.61 Å². The van der Waals surface area contributed by atoms with Crippen molar-refractivity contribution in [3.63, 3.8) is 0 Å². The van der Waals surface area contributed by atoms with Crippen LogP contribution in [0.25, 0.3) is 0 Å². The van der Waals surface area contributed by atoms with Gasteiger partial charge in [-0.15, -0.1) is 11.3 Å². The van der Waals surface area contributed by atoms with E-state index < -0.39 is 5.97 Å². The van der Waals surface area contributed by atoms with Gasteiger partial charge in [-0.3, -0.25) is 4.79 Å². The summed E-state index contributed by atoms with van der Waals surface area (Å²) in [6, 6.07) is 6.30. The Kier molecular flexibility index (Phi) is 4.88. The predicted molar refractivity (Wildman–Crippen MR) is 84.5 cm³/mol. The van der Waals surface area contributed by atoms with Gasteiger partial charge in [0.05, 0.1) is 21.2 Å². The molecule has 0 unspecified atom stereocenters. The predicted octanol–water partition coefficient (Wildman–Crippen LogP) is 3.99. The Hall–Kier alpha value is -1.56. The quantitative estimate of drug-likeness (QED) is 0.517. The van der Waals surface area contributed by atoms with Crippen LogP contribution >= 0.6 is 34.5 Å². The molecule has 0 aliphatic rings. The van der Waals surface area contributed by atoms with Gasteiger partial charge >= 0.3 is 5.97 Å². The van der Waals surface area contributed by atoms with E-state index in [4.69, 9.17) is 33.7 Å². The van der Waals surface area contributed by atoms with E-state index in [9.17, 15) is 9.59 Å². The van der Waals surface area contributed by atoms with Crippen LogP contribution in [0.1, 0.15) is 24.9 Å². The number of hydrogen-bond donors (Lipinski definition) is 1. The smallest absolute Gasteiger partial charge is 0.340 e. The van der Waals surface area contributed by atoms with E-state index in [1.54, 1.807) is 6.07 Å². The fourth-order valence-corrected chi connectivity index (χ4v) is 2.90. The number of ether oxygens (including phenoxy) is 1. The van der Waals surface area contributed by atoms with E-state index in [-0.39, 0.29) is 33.7 Å². The summed E-state index contributed by atoms with van der Waals surface area (Å²) in [6.07, 6.45) is 0. The van der Waals surface area contributed by atoms with Crippen LogP contribution in [0.3, 0.4) is 0 Å². The number of carbonyl (C=O) groups is 2. The Morgan fingerprint density at radius 3 is 2.62 bits per heavy atom. The molecular formula is C14H11Cl2NO3S. The number of rotatable bonds is 4. The van der Waals surface area contributed by atoms with Gasteiger partial charge in [0.2, 0.25) is 5.78 Å². The van der Waals surface area contributed by atoms with Crippen LogP contribution in [-0.4, -0.2) is 18.4 Å². The van der Waals surface area contributed by atoms with Gasteiger partial charge in [0, 0.05) is 9.90 Å². The molecule has 110 valence electrons. The topological polar surface area (TPSA) is 69.4 Å². The van der Waals surface area contributed by atoms with E-state index in [2.05, 4.69) is 0 Å². The van der Waals surface area contributed by atoms with Crippen molar-refractivity contribution in [2.45, 2.75) is 6.92 Å². The van der Waals surface area contributed by atoms with Gasteiger partial charge in [-0.25, -0.2) is 4.79 Å². The monoisotopic (exact) mass is 343 g/mol. The summed E-state index contributed by atoms with van der Waals surface area (Å²) in [5.74, 6) is -1.01. The maximum atomic E-state index is 11.9. The Labute approximate surface area is 135 Å². The van der Waals surface area contributed by atoms with Crippen LogP contribution in [0.4, 0.5) is 5.69 Å². The molecule has 0 aliphatic heterocycles.